The lowest BCUT2D eigenvalue weighted by atomic mass is 9.96. The van der Waals surface area contributed by atoms with Gasteiger partial charge >= 0.3 is 0 Å². The van der Waals surface area contributed by atoms with Crippen LogP contribution < -0.4 is 11.3 Å². The van der Waals surface area contributed by atoms with Crippen LogP contribution in [0.1, 0.15) is 11.1 Å². The summed E-state index contributed by atoms with van der Waals surface area (Å²) in [5.74, 6) is -2.52. The molecule has 0 amide bonds. The Balaban J connectivity index is 3.01. The van der Waals surface area contributed by atoms with Crippen molar-refractivity contribution in [2.45, 2.75) is 0 Å². The molecule has 2 aromatic rings. The highest BCUT2D eigenvalue weighted by Crippen LogP contribution is 2.33. The normalized spacial score (nSPS) is 9.95. The number of hydrogen-bond acceptors (Lipinski definition) is 4. The number of anilines is 1. The van der Waals surface area contributed by atoms with Crippen molar-refractivity contribution in [3.8, 4) is 23.3 Å². The molecule has 0 saturated carbocycles. The fraction of sp³-hybridized carbons (Fsp3) is 0. The fourth-order valence-electron chi connectivity index (χ4n) is 1.83. The van der Waals surface area contributed by atoms with Gasteiger partial charge in [-0.25, -0.2) is 8.78 Å². The molecular weight excluding hydrogens is 302 g/mol. The lowest BCUT2D eigenvalue weighted by molar-refractivity contribution is 0.586. The van der Waals surface area contributed by atoms with E-state index >= 15 is 0 Å². The highest BCUT2D eigenvalue weighted by molar-refractivity contribution is 6.31. The Morgan fingerprint density at radius 1 is 1.19 bits per heavy atom. The van der Waals surface area contributed by atoms with E-state index in [1.54, 1.807) is 12.1 Å². The van der Waals surface area contributed by atoms with Crippen molar-refractivity contribution in [1.29, 1.82) is 10.5 Å². The summed E-state index contributed by atoms with van der Waals surface area (Å²) in [6.07, 6.45) is 0. The molecule has 0 unspecified atom stereocenters. The smallest absolute Gasteiger partial charge is 0.268 e. The van der Waals surface area contributed by atoms with Gasteiger partial charge in [0.05, 0.1) is 0 Å². The Labute approximate surface area is 121 Å². The molecule has 0 spiro atoms. The number of nitrogens with one attached hydrogen (secondary N) is 1. The first-order valence-electron chi connectivity index (χ1n) is 5.42. The minimum absolute atomic E-state index is 0.298. The van der Waals surface area contributed by atoms with Gasteiger partial charge in [-0.15, -0.1) is 0 Å². The average molecular weight is 307 g/mol. The summed E-state index contributed by atoms with van der Waals surface area (Å²) < 4.78 is 27.3. The predicted molar refractivity (Wildman–Crippen MR) is 71.3 cm³/mol. The molecule has 0 aliphatic carbocycles. The van der Waals surface area contributed by atoms with Crippen LogP contribution in [0.3, 0.4) is 0 Å². The molecule has 0 aliphatic heterocycles. The maximum Gasteiger partial charge on any atom is 0.268 e. The van der Waals surface area contributed by atoms with Gasteiger partial charge in [0.1, 0.15) is 39.9 Å². The number of halogens is 3. The third kappa shape index (κ3) is 2.20. The molecule has 1 aromatic carbocycles. The molecule has 104 valence electrons. The van der Waals surface area contributed by atoms with Gasteiger partial charge in [0.2, 0.25) is 0 Å². The van der Waals surface area contributed by atoms with Crippen molar-refractivity contribution < 1.29 is 8.78 Å². The first-order valence-corrected chi connectivity index (χ1v) is 5.80. The van der Waals surface area contributed by atoms with Crippen molar-refractivity contribution in [2.24, 2.45) is 0 Å². The first kappa shape index (κ1) is 14.5. The number of benzene rings is 1. The Kier molecular flexibility index (Phi) is 3.62. The molecule has 0 fully saturated rings. The summed E-state index contributed by atoms with van der Waals surface area (Å²) in [4.78, 5) is 13.8. The van der Waals surface area contributed by atoms with Gasteiger partial charge in [-0.05, 0) is 12.1 Å². The second kappa shape index (κ2) is 5.23. The summed E-state index contributed by atoms with van der Waals surface area (Å²) in [6.45, 7) is 0. The van der Waals surface area contributed by atoms with Crippen LogP contribution in [0.2, 0.25) is 5.02 Å². The van der Waals surface area contributed by atoms with Crippen LogP contribution in [0.4, 0.5) is 14.6 Å². The van der Waals surface area contributed by atoms with Crippen molar-refractivity contribution in [3.05, 3.63) is 50.3 Å². The summed E-state index contributed by atoms with van der Waals surface area (Å²) in [7, 11) is 0. The first-order chi connectivity index (χ1) is 9.92. The topological polar surface area (TPSA) is 106 Å². The van der Waals surface area contributed by atoms with Crippen LogP contribution in [0.5, 0.6) is 0 Å². The zero-order chi connectivity index (χ0) is 15.7. The van der Waals surface area contributed by atoms with E-state index in [2.05, 4.69) is 4.98 Å². The second-order valence-electron chi connectivity index (χ2n) is 3.94. The van der Waals surface area contributed by atoms with E-state index in [1.165, 1.54) is 0 Å². The lowest BCUT2D eigenvalue weighted by Crippen LogP contribution is -2.16. The minimum atomic E-state index is -1.19. The van der Waals surface area contributed by atoms with Gasteiger partial charge in [-0.1, -0.05) is 11.6 Å². The van der Waals surface area contributed by atoms with Crippen molar-refractivity contribution in [3.63, 3.8) is 0 Å². The molecule has 0 atom stereocenters. The van der Waals surface area contributed by atoms with Crippen molar-refractivity contribution in [1.82, 2.24) is 4.98 Å². The van der Waals surface area contributed by atoms with Crippen LogP contribution in [0, 0.1) is 34.3 Å². The number of nitrogens with zero attached hydrogens (tertiary/aromatic N) is 2. The number of nitrogen functional groups attached to an aromatic ring is 1. The molecular formula is C13H5ClF2N4O. The molecule has 1 heterocycles. The largest absolute Gasteiger partial charge is 0.384 e. The average Bonchev–Trinajstić information content (AvgIpc) is 2.44. The molecule has 0 radical (unpaired) electrons. The van der Waals surface area contributed by atoms with E-state index in [0.29, 0.717) is 0 Å². The summed E-state index contributed by atoms with van der Waals surface area (Å²) >= 11 is 5.47. The monoisotopic (exact) mass is 306 g/mol. The van der Waals surface area contributed by atoms with E-state index < -0.39 is 27.8 Å². The number of nitriles is 2. The Morgan fingerprint density at radius 3 is 2.38 bits per heavy atom. The van der Waals surface area contributed by atoms with Crippen LogP contribution in [0.25, 0.3) is 11.1 Å². The Bertz CT molecular complexity index is 893. The van der Waals surface area contributed by atoms with E-state index in [4.69, 9.17) is 27.9 Å². The second-order valence-corrected chi connectivity index (χ2v) is 4.32. The number of hydrogen-bond donors (Lipinski definition) is 2. The van der Waals surface area contributed by atoms with Gasteiger partial charge in [0.15, 0.2) is 5.82 Å². The quantitative estimate of drug-likeness (QED) is 0.788. The number of pyridine rings is 1. The van der Waals surface area contributed by atoms with Gasteiger partial charge in [-0.3, -0.25) is 4.79 Å². The third-order valence-corrected chi connectivity index (χ3v) is 3.12. The maximum absolute atomic E-state index is 14.1. The van der Waals surface area contributed by atoms with Crippen molar-refractivity contribution >= 4 is 17.4 Å². The van der Waals surface area contributed by atoms with E-state index in [-0.39, 0.29) is 22.5 Å². The lowest BCUT2D eigenvalue weighted by Gasteiger charge is -2.10. The van der Waals surface area contributed by atoms with E-state index in [9.17, 15) is 13.6 Å². The number of nitrogens with two attached hydrogens (primary N) is 1. The molecule has 0 saturated heterocycles. The number of aromatic amines is 1. The fourth-order valence-corrected chi connectivity index (χ4v) is 2.00. The molecule has 0 aliphatic rings. The minimum Gasteiger partial charge on any atom is -0.384 e. The molecule has 0 bridgehead atoms. The van der Waals surface area contributed by atoms with E-state index in [0.717, 1.165) is 12.1 Å². The summed E-state index contributed by atoms with van der Waals surface area (Å²) in [5, 5.41) is 17.3. The predicted octanol–water partition coefficient (Wildman–Crippen LogP) is 2.30. The summed E-state index contributed by atoms with van der Waals surface area (Å²) in [6, 6.07) is 5.09. The SMILES string of the molecule is N#Cc1c(N)[nH]c(=O)c(C#N)c1-c1ccc(F)c(Cl)c1F. The third-order valence-electron chi connectivity index (χ3n) is 2.77. The van der Waals surface area contributed by atoms with Crippen LogP contribution in [-0.4, -0.2) is 4.98 Å². The maximum atomic E-state index is 14.1. The van der Waals surface area contributed by atoms with Crippen molar-refractivity contribution in [2.75, 3.05) is 5.73 Å². The zero-order valence-corrected chi connectivity index (χ0v) is 10.9. The van der Waals surface area contributed by atoms with Gasteiger partial charge < -0.3 is 10.7 Å². The Morgan fingerprint density at radius 2 is 1.81 bits per heavy atom. The highest BCUT2D eigenvalue weighted by atomic mass is 35.5. The molecule has 8 heteroatoms. The Hall–Kier alpha value is -2.90. The summed E-state index contributed by atoms with van der Waals surface area (Å²) in [5.41, 5.74) is 3.13. The number of aromatic nitrogens is 1. The van der Waals surface area contributed by atoms with E-state index in [1.807, 2.05) is 0 Å². The van der Waals surface area contributed by atoms with Crippen LogP contribution in [0.15, 0.2) is 16.9 Å². The molecule has 1 aromatic heterocycles. The molecule has 21 heavy (non-hydrogen) atoms. The van der Waals surface area contributed by atoms with Crippen LogP contribution in [-0.2, 0) is 0 Å². The molecule has 3 N–H and O–H groups in total. The van der Waals surface area contributed by atoms with Gasteiger partial charge in [0.25, 0.3) is 5.56 Å². The molecule has 5 nitrogen and oxygen atoms in total. The number of rotatable bonds is 1. The highest BCUT2D eigenvalue weighted by Gasteiger charge is 2.22. The number of H-pyrrole nitrogens is 1. The van der Waals surface area contributed by atoms with Crippen LogP contribution >= 0.6 is 11.6 Å². The standard InChI is InChI=1S/C13H5ClF2N4O/c14-10-8(15)2-1-5(11(10)16)9-6(3-17)12(19)20-13(21)7(9)4-18/h1-2H,(H3,19,20,21). The van der Waals surface area contributed by atoms with Gasteiger partial charge in [0, 0.05) is 11.1 Å². The molecule has 2 rings (SSSR count). The van der Waals surface area contributed by atoms with Gasteiger partial charge in [-0.2, -0.15) is 10.5 Å². The zero-order valence-electron chi connectivity index (χ0n) is 10.2.